The molecule has 18 heavy (non-hydrogen) atoms. The van der Waals surface area contributed by atoms with Crippen molar-refractivity contribution in [1.29, 1.82) is 0 Å². The number of halogens is 1. The Morgan fingerprint density at radius 1 is 1.22 bits per heavy atom. The highest BCUT2D eigenvalue weighted by molar-refractivity contribution is 6.68. The molecule has 0 N–H and O–H groups in total. The fraction of sp³-hybridized carbons (Fsp3) is 0.462. The molecule has 1 aromatic rings. The minimum Gasteiger partial charge on any atom is -0.399 e. The van der Waals surface area contributed by atoms with Gasteiger partial charge in [0.2, 0.25) is 0 Å². The standard InChI is InChI=1S/C13H17BFNO2/c1-9(10-6-11(15)8-16-7-10)14-17-12(2,3)13(4,5)18-14/h6-8H,1H2,2-5H3. The second kappa shape index (κ2) is 4.18. The zero-order valence-electron chi connectivity index (χ0n) is 11.2. The molecule has 0 unspecified atom stereocenters. The zero-order chi connectivity index (χ0) is 13.6. The van der Waals surface area contributed by atoms with Crippen LogP contribution >= 0.6 is 0 Å². The summed E-state index contributed by atoms with van der Waals surface area (Å²) in [4.78, 5) is 3.80. The largest absolute Gasteiger partial charge is 0.494 e. The molecule has 2 heterocycles. The first kappa shape index (κ1) is 13.2. The second-order valence-corrected chi connectivity index (χ2v) is 5.51. The SMILES string of the molecule is C=C(B1OC(C)(C)C(C)(C)O1)c1cncc(F)c1. The molecule has 1 saturated heterocycles. The van der Waals surface area contributed by atoms with E-state index in [1.807, 2.05) is 27.7 Å². The van der Waals surface area contributed by atoms with Crippen LogP contribution in [-0.4, -0.2) is 23.3 Å². The van der Waals surface area contributed by atoms with Gasteiger partial charge in [0.05, 0.1) is 17.4 Å². The van der Waals surface area contributed by atoms with E-state index in [0.29, 0.717) is 11.0 Å². The summed E-state index contributed by atoms with van der Waals surface area (Å²) in [7, 11) is -0.571. The second-order valence-electron chi connectivity index (χ2n) is 5.51. The molecule has 2 rings (SSSR count). The maximum Gasteiger partial charge on any atom is 0.494 e. The maximum atomic E-state index is 13.1. The third kappa shape index (κ3) is 2.20. The fourth-order valence-corrected chi connectivity index (χ4v) is 1.71. The smallest absolute Gasteiger partial charge is 0.399 e. The highest BCUT2D eigenvalue weighted by Gasteiger charge is 2.52. The van der Waals surface area contributed by atoms with Gasteiger partial charge in [-0.15, -0.1) is 0 Å². The molecule has 1 aromatic heterocycles. The summed E-state index contributed by atoms with van der Waals surface area (Å²) < 4.78 is 24.8. The summed E-state index contributed by atoms with van der Waals surface area (Å²) in [5.74, 6) is -0.398. The van der Waals surface area contributed by atoms with Gasteiger partial charge in [0.15, 0.2) is 0 Å². The van der Waals surface area contributed by atoms with Gasteiger partial charge in [-0.3, -0.25) is 4.98 Å². The first-order valence-corrected chi connectivity index (χ1v) is 5.88. The van der Waals surface area contributed by atoms with Crippen molar-refractivity contribution in [1.82, 2.24) is 4.98 Å². The van der Waals surface area contributed by atoms with Crippen molar-refractivity contribution in [3.63, 3.8) is 0 Å². The minimum atomic E-state index is -0.571. The lowest BCUT2D eigenvalue weighted by Gasteiger charge is -2.32. The van der Waals surface area contributed by atoms with Gasteiger partial charge in [-0.05, 0) is 44.8 Å². The van der Waals surface area contributed by atoms with Crippen molar-refractivity contribution in [2.24, 2.45) is 0 Å². The van der Waals surface area contributed by atoms with Crippen LogP contribution in [0.2, 0.25) is 0 Å². The molecule has 0 aliphatic carbocycles. The van der Waals surface area contributed by atoms with E-state index in [-0.39, 0.29) is 0 Å². The topological polar surface area (TPSA) is 31.4 Å². The molecule has 0 aromatic carbocycles. The summed E-state index contributed by atoms with van der Waals surface area (Å²) in [5, 5.41) is 0. The van der Waals surface area contributed by atoms with Gasteiger partial charge in [-0.2, -0.15) is 0 Å². The Kier molecular flexibility index (Phi) is 3.07. The van der Waals surface area contributed by atoms with Crippen LogP contribution in [0.15, 0.2) is 25.0 Å². The molecule has 1 aliphatic rings. The molecule has 0 amide bonds. The third-order valence-corrected chi connectivity index (χ3v) is 3.61. The average molecular weight is 249 g/mol. The molecular formula is C13H17BFNO2. The van der Waals surface area contributed by atoms with E-state index in [2.05, 4.69) is 11.6 Å². The van der Waals surface area contributed by atoms with Crippen LogP contribution in [0.5, 0.6) is 0 Å². The van der Waals surface area contributed by atoms with Gasteiger partial charge in [0.25, 0.3) is 0 Å². The predicted molar refractivity (Wildman–Crippen MR) is 69.3 cm³/mol. The first-order chi connectivity index (χ1) is 8.23. The Labute approximate surface area is 107 Å². The van der Waals surface area contributed by atoms with Crippen LogP contribution in [0.3, 0.4) is 0 Å². The van der Waals surface area contributed by atoms with Crippen molar-refractivity contribution in [2.45, 2.75) is 38.9 Å². The Morgan fingerprint density at radius 3 is 2.28 bits per heavy atom. The van der Waals surface area contributed by atoms with Gasteiger partial charge >= 0.3 is 7.12 Å². The van der Waals surface area contributed by atoms with E-state index in [4.69, 9.17) is 9.31 Å². The number of hydrogen-bond donors (Lipinski definition) is 0. The lowest BCUT2D eigenvalue weighted by atomic mass is 9.76. The molecule has 0 radical (unpaired) electrons. The maximum absolute atomic E-state index is 13.1. The van der Waals surface area contributed by atoms with E-state index in [0.717, 1.165) is 6.20 Å². The summed E-state index contributed by atoms with van der Waals surface area (Å²) in [6, 6.07) is 1.38. The van der Waals surface area contributed by atoms with Crippen molar-refractivity contribution in [3.05, 3.63) is 36.4 Å². The van der Waals surface area contributed by atoms with Crippen molar-refractivity contribution in [3.8, 4) is 0 Å². The number of rotatable bonds is 2. The van der Waals surface area contributed by atoms with Crippen molar-refractivity contribution < 1.29 is 13.7 Å². The number of nitrogens with zero attached hydrogens (tertiary/aromatic N) is 1. The fourth-order valence-electron chi connectivity index (χ4n) is 1.71. The minimum absolute atomic E-state index is 0.398. The van der Waals surface area contributed by atoms with E-state index in [1.165, 1.54) is 6.07 Å². The Hall–Kier alpha value is -1.20. The predicted octanol–water partition coefficient (Wildman–Crippen LogP) is 2.87. The average Bonchev–Trinajstić information content (AvgIpc) is 2.47. The van der Waals surface area contributed by atoms with E-state index in [1.54, 1.807) is 6.20 Å². The van der Waals surface area contributed by atoms with Crippen molar-refractivity contribution in [2.75, 3.05) is 0 Å². The van der Waals surface area contributed by atoms with E-state index >= 15 is 0 Å². The highest BCUT2D eigenvalue weighted by Crippen LogP contribution is 2.39. The van der Waals surface area contributed by atoms with Crippen LogP contribution in [0.1, 0.15) is 33.3 Å². The molecule has 3 nitrogen and oxygen atoms in total. The van der Waals surface area contributed by atoms with Crippen LogP contribution in [0, 0.1) is 5.82 Å². The van der Waals surface area contributed by atoms with Gasteiger partial charge in [0, 0.05) is 6.20 Å². The van der Waals surface area contributed by atoms with Gasteiger partial charge < -0.3 is 9.31 Å². The molecule has 0 spiro atoms. The zero-order valence-corrected chi connectivity index (χ0v) is 11.2. The molecule has 1 aliphatic heterocycles. The Bertz CT molecular complexity index is 472. The van der Waals surface area contributed by atoms with E-state index in [9.17, 15) is 4.39 Å². The van der Waals surface area contributed by atoms with Crippen LogP contribution in [-0.2, 0) is 9.31 Å². The number of pyridine rings is 1. The molecule has 0 bridgehead atoms. The Balaban J connectivity index is 2.23. The molecule has 0 atom stereocenters. The first-order valence-electron chi connectivity index (χ1n) is 5.88. The lowest BCUT2D eigenvalue weighted by Crippen LogP contribution is -2.41. The number of hydrogen-bond acceptors (Lipinski definition) is 3. The lowest BCUT2D eigenvalue weighted by molar-refractivity contribution is 0.00578. The van der Waals surface area contributed by atoms with Crippen LogP contribution in [0.25, 0.3) is 5.47 Å². The van der Waals surface area contributed by atoms with Gasteiger partial charge in [0.1, 0.15) is 5.82 Å². The Morgan fingerprint density at radius 2 is 1.78 bits per heavy atom. The van der Waals surface area contributed by atoms with Gasteiger partial charge in [-0.25, -0.2) is 4.39 Å². The molecule has 1 fully saturated rings. The van der Waals surface area contributed by atoms with Crippen LogP contribution in [0.4, 0.5) is 4.39 Å². The number of aromatic nitrogens is 1. The van der Waals surface area contributed by atoms with Crippen molar-refractivity contribution >= 4 is 12.6 Å². The normalized spacial score (nSPS) is 21.1. The summed E-state index contributed by atoms with van der Waals surface area (Å²) >= 11 is 0. The summed E-state index contributed by atoms with van der Waals surface area (Å²) in [6.45, 7) is 11.8. The summed E-state index contributed by atoms with van der Waals surface area (Å²) in [6.07, 6.45) is 2.71. The molecule has 5 heteroatoms. The quantitative estimate of drug-likeness (QED) is 0.755. The monoisotopic (exact) mass is 249 g/mol. The molecule has 0 saturated carbocycles. The molecular weight excluding hydrogens is 232 g/mol. The molecule has 96 valence electrons. The summed E-state index contributed by atoms with van der Waals surface area (Å²) in [5.41, 5.74) is 0.317. The highest BCUT2D eigenvalue weighted by atomic mass is 19.1. The third-order valence-electron chi connectivity index (χ3n) is 3.61. The van der Waals surface area contributed by atoms with E-state index < -0.39 is 24.1 Å². The van der Waals surface area contributed by atoms with Gasteiger partial charge in [-0.1, -0.05) is 6.58 Å². The van der Waals surface area contributed by atoms with Crippen LogP contribution < -0.4 is 0 Å².